The molecule has 0 atom stereocenters. The number of nitrogens with one attached hydrogen (secondary N) is 1. The predicted octanol–water partition coefficient (Wildman–Crippen LogP) is 4.05. The van der Waals surface area contributed by atoms with Crippen LogP contribution in [0.15, 0.2) is 61.1 Å². The van der Waals surface area contributed by atoms with Crippen LogP contribution in [-0.4, -0.2) is 35.4 Å². The molecule has 0 unspecified atom stereocenters. The number of aryl methyl sites for hydroxylation is 2. The normalized spacial score (nSPS) is 10.9. The highest BCUT2D eigenvalue weighted by molar-refractivity contribution is 6.05. The molecule has 0 saturated heterocycles. The Balaban J connectivity index is 1.55. The van der Waals surface area contributed by atoms with E-state index < -0.39 is 5.91 Å². The Kier molecular flexibility index (Phi) is 5.11. The molecule has 4 heterocycles. The van der Waals surface area contributed by atoms with E-state index in [1.807, 2.05) is 50.2 Å². The minimum Gasteiger partial charge on any atom is -0.305 e. The van der Waals surface area contributed by atoms with E-state index in [-0.39, 0.29) is 11.4 Å². The van der Waals surface area contributed by atoms with Gasteiger partial charge in [0.25, 0.3) is 5.91 Å². The molecule has 9 heteroatoms. The molecule has 0 fully saturated rings. The van der Waals surface area contributed by atoms with E-state index in [0.717, 1.165) is 22.0 Å². The highest BCUT2D eigenvalue weighted by Gasteiger charge is 2.21. The van der Waals surface area contributed by atoms with Gasteiger partial charge in [-0.15, -0.1) is 0 Å². The molecule has 9 nitrogen and oxygen atoms in total. The zero-order valence-corrected chi connectivity index (χ0v) is 18.8. The van der Waals surface area contributed by atoms with Crippen molar-refractivity contribution >= 4 is 22.6 Å². The lowest BCUT2D eigenvalue weighted by Crippen LogP contribution is -2.17. The topological polar surface area (TPSA) is 114 Å². The number of hydrogen-bond acceptors (Lipinski definition) is 6. The van der Waals surface area contributed by atoms with Crippen LogP contribution in [0.2, 0.25) is 0 Å². The van der Waals surface area contributed by atoms with Crippen LogP contribution < -0.4 is 5.32 Å². The van der Waals surface area contributed by atoms with Gasteiger partial charge in [-0.1, -0.05) is 24.3 Å². The number of carbonyl (C=O) groups is 1. The molecule has 4 aromatic heterocycles. The number of fused-ring (bicyclic) bond motifs is 1. The second-order valence-corrected chi connectivity index (χ2v) is 7.90. The van der Waals surface area contributed by atoms with Gasteiger partial charge in [0.15, 0.2) is 17.5 Å². The first-order chi connectivity index (χ1) is 16.5. The van der Waals surface area contributed by atoms with E-state index in [9.17, 15) is 10.1 Å². The van der Waals surface area contributed by atoms with Crippen LogP contribution in [0.3, 0.4) is 0 Å². The number of aromatic nitrogens is 6. The van der Waals surface area contributed by atoms with Gasteiger partial charge < -0.3 is 5.32 Å². The molecule has 0 aliphatic rings. The van der Waals surface area contributed by atoms with Crippen LogP contribution >= 0.6 is 0 Å². The molecule has 0 radical (unpaired) electrons. The van der Waals surface area contributed by atoms with Gasteiger partial charge in [0, 0.05) is 11.6 Å². The number of pyridine rings is 2. The van der Waals surface area contributed by atoms with Crippen LogP contribution in [0.4, 0.5) is 5.82 Å². The van der Waals surface area contributed by atoms with E-state index in [4.69, 9.17) is 4.98 Å². The van der Waals surface area contributed by atoms with Crippen molar-refractivity contribution < 1.29 is 4.79 Å². The highest BCUT2D eigenvalue weighted by Crippen LogP contribution is 2.26. The summed E-state index contributed by atoms with van der Waals surface area (Å²) >= 11 is 0. The molecule has 1 aromatic carbocycles. The first-order valence-corrected chi connectivity index (χ1v) is 10.6. The fourth-order valence-corrected chi connectivity index (χ4v) is 3.89. The van der Waals surface area contributed by atoms with Crippen molar-refractivity contribution in [3.8, 4) is 17.7 Å². The first kappa shape index (κ1) is 21.0. The molecule has 0 spiro atoms. The van der Waals surface area contributed by atoms with E-state index in [1.165, 1.54) is 17.1 Å². The van der Waals surface area contributed by atoms with Crippen molar-refractivity contribution in [3.63, 3.8) is 0 Å². The lowest BCUT2D eigenvalue weighted by molar-refractivity contribution is 0.102. The third kappa shape index (κ3) is 3.47. The summed E-state index contributed by atoms with van der Waals surface area (Å²) in [6, 6.07) is 15.4. The summed E-state index contributed by atoms with van der Waals surface area (Å²) < 4.78 is 3.07. The summed E-state index contributed by atoms with van der Waals surface area (Å²) in [5.41, 5.74) is 4.10. The fraction of sp³-hybridized carbons (Fsp3) is 0.120. The summed E-state index contributed by atoms with van der Waals surface area (Å²) in [7, 11) is 0. The summed E-state index contributed by atoms with van der Waals surface area (Å²) in [6.07, 6.45) is 4.56. The van der Waals surface area contributed by atoms with Gasteiger partial charge in [-0.2, -0.15) is 20.1 Å². The lowest BCUT2D eigenvalue weighted by atomic mass is 10.1. The second-order valence-electron chi connectivity index (χ2n) is 7.90. The molecule has 0 bridgehead atoms. The number of para-hydroxylation sites is 1. The zero-order valence-electron chi connectivity index (χ0n) is 18.8. The number of amides is 1. The maximum Gasteiger partial charge on any atom is 0.260 e. The van der Waals surface area contributed by atoms with Crippen molar-refractivity contribution in [2.75, 3.05) is 5.32 Å². The summed E-state index contributed by atoms with van der Waals surface area (Å²) in [4.78, 5) is 22.3. The smallest absolute Gasteiger partial charge is 0.260 e. The van der Waals surface area contributed by atoms with Gasteiger partial charge >= 0.3 is 0 Å². The third-order valence-corrected chi connectivity index (χ3v) is 5.69. The largest absolute Gasteiger partial charge is 0.305 e. The number of nitriles is 1. The Morgan fingerprint density at radius 1 is 0.971 bits per heavy atom. The Morgan fingerprint density at radius 2 is 1.79 bits per heavy atom. The molecule has 1 amide bonds. The average Bonchev–Trinajstić information content (AvgIpc) is 3.43. The Labute approximate surface area is 195 Å². The molecule has 166 valence electrons. The summed E-state index contributed by atoms with van der Waals surface area (Å²) in [6.45, 7) is 5.78. The van der Waals surface area contributed by atoms with Crippen molar-refractivity contribution in [2.45, 2.75) is 20.8 Å². The van der Waals surface area contributed by atoms with Gasteiger partial charge in [-0.3, -0.25) is 4.79 Å². The maximum atomic E-state index is 13.2. The van der Waals surface area contributed by atoms with Crippen molar-refractivity contribution in [1.29, 1.82) is 5.26 Å². The standard InChI is InChI=1S/C25H20N8O/c1-15-7-6-8-19-16(2)11-22(30-23(15)19)33-24(18(12-26)13-28-33)31-25(34)20-14-29-32(17(20)3)21-9-4-5-10-27-21/h4-11,13-14H,1-3H3,(H,31,34). The van der Waals surface area contributed by atoms with Crippen molar-refractivity contribution in [2.24, 2.45) is 0 Å². The fourth-order valence-electron chi connectivity index (χ4n) is 3.89. The van der Waals surface area contributed by atoms with E-state index >= 15 is 0 Å². The van der Waals surface area contributed by atoms with Crippen LogP contribution in [0.1, 0.15) is 32.7 Å². The van der Waals surface area contributed by atoms with Gasteiger partial charge in [-0.05, 0) is 50.1 Å². The summed E-state index contributed by atoms with van der Waals surface area (Å²) in [5.74, 6) is 0.953. The van der Waals surface area contributed by atoms with Crippen LogP contribution in [-0.2, 0) is 0 Å². The number of rotatable bonds is 4. The van der Waals surface area contributed by atoms with E-state index in [2.05, 4.69) is 26.6 Å². The first-order valence-electron chi connectivity index (χ1n) is 10.6. The van der Waals surface area contributed by atoms with Crippen molar-refractivity contribution in [1.82, 2.24) is 29.5 Å². The molecule has 1 N–H and O–H groups in total. The van der Waals surface area contributed by atoms with Crippen molar-refractivity contribution in [3.05, 3.63) is 89.0 Å². The van der Waals surface area contributed by atoms with Crippen LogP contribution in [0.5, 0.6) is 0 Å². The maximum absolute atomic E-state index is 13.2. The Bertz CT molecular complexity index is 1590. The molecular weight excluding hydrogens is 428 g/mol. The number of benzene rings is 1. The molecule has 0 saturated carbocycles. The monoisotopic (exact) mass is 448 g/mol. The zero-order chi connectivity index (χ0) is 23.8. The Morgan fingerprint density at radius 3 is 2.56 bits per heavy atom. The molecule has 34 heavy (non-hydrogen) atoms. The number of anilines is 1. The minimum absolute atomic E-state index is 0.229. The average molecular weight is 448 g/mol. The molecule has 0 aliphatic carbocycles. The molecule has 0 aliphatic heterocycles. The number of nitrogens with zero attached hydrogens (tertiary/aromatic N) is 7. The van der Waals surface area contributed by atoms with Crippen LogP contribution in [0.25, 0.3) is 22.5 Å². The van der Waals surface area contributed by atoms with E-state index in [0.29, 0.717) is 22.9 Å². The molecule has 5 rings (SSSR count). The minimum atomic E-state index is -0.411. The summed E-state index contributed by atoms with van der Waals surface area (Å²) in [5, 5.41) is 22.2. The second kappa shape index (κ2) is 8.26. The third-order valence-electron chi connectivity index (χ3n) is 5.69. The van der Waals surface area contributed by atoms with Crippen LogP contribution in [0, 0.1) is 32.1 Å². The quantitative estimate of drug-likeness (QED) is 0.444. The lowest BCUT2D eigenvalue weighted by Gasteiger charge is -2.12. The molecule has 5 aromatic rings. The number of carbonyl (C=O) groups excluding carboxylic acids is 1. The Hall–Kier alpha value is -4.84. The van der Waals surface area contributed by atoms with Gasteiger partial charge in [0.2, 0.25) is 0 Å². The molecular formula is C25H20N8O. The SMILES string of the molecule is Cc1cc(-n2ncc(C#N)c2NC(=O)c2cnn(-c3ccccn3)c2C)nc2c(C)cccc12. The number of hydrogen-bond donors (Lipinski definition) is 1. The van der Waals surface area contributed by atoms with Gasteiger partial charge in [0.05, 0.1) is 29.2 Å². The predicted molar refractivity (Wildman–Crippen MR) is 127 cm³/mol. The highest BCUT2D eigenvalue weighted by atomic mass is 16.1. The van der Waals surface area contributed by atoms with E-state index in [1.54, 1.807) is 23.9 Å². The van der Waals surface area contributed by atoms with Gasteiger partial charge in [0.1, 0.15) is 11.6 Å². The van der Waals surface area contributed by atoms with Gasteiger partial charge in [-0.25, -0.2) is 14.6 Å².